The number of halogens is 6. The van der Waals surface area contributed by atoms with Gasteiger partial charge in [-0.1, -0.05) is 72.8 Å². The van der Waals surface area contributed by atoms with Gasteiger partial charge in [0.25, 0.3) is 0 Å². The summed E-state index contributed by atoms with van der Waals surface area (Å²) >= 11 is 0. The first-order chi connectivity index (χ1) is 28.0. The van der Waals surface area contributed by atoms with Crippen LogP contribution < -0.4 is 0 Å². The van der Waals surface area contributed by atoms with Gasteiger partial charge in [-0.25, -0.2) is 19.9 Å². The van der Waals surface area contributed by atoms with Gasteiger partial charge in [0, 0.05) is 57.5 Å². The summed E-state index contributed by atoms with van der Waals surface area (Å²) in [7, 11) is 0. The summed E-state index contributed by atoms with van der Waals surface area (Å²) in [5, 5.41) is 3.16. The maximum Gasteiger partial charge on any atom is 0.417 e. The van der Waals surface area contributed by atoms with E-state index in [1.54, 1.807) is 41.5 Å². The average Bonchev–Trinajstić information content (AvgIpc) is 3.75. The van der Waals surface area contributed by atoms with Crippen LogP contribution in [0.15, 0.2) is 158 Å². The van der Waals surface area contributed by atoms with Crippen LogP contribution in [0.3, 0.4) is 0 Å². The molecule has 0 unspecified atom stereocenters. The van der Waals surface area contributed by atoms with E-state index >= 15 is 13.2 Å². The summed E-state index contributed by atoms with van der Waals surface area (Å²) < 4.78 is 92.6. The number of fused-ring (bicyclic) bond motifs is 6. The van der Waals surface area contributed by atoms with Crippen LogP contribution in [-0.4, -0.2) is 29.1 Å². The Morgan fingerprint density at radius 3 is 1.36 bits per heavy atom. The minimum absolute atomic E-state index is 0.143. The van der Waals surface area contributed by atoms with E-state index in [2.05, 4.69) is 19.9 Å². The van der Waals surface area contributed by atoms with Crippen molar-refractivity contribution < 1.29 is 26.3 Å². The molecule has 0 fully saturated rings. The van der Waals surface area contributed by atoms with Crippen LogP contribution in [0.5, 0.6) is 0 Å². The maximum atomic E-state index is 15.6. The van der Waals surface area contributed by atoms with E-state index in [0.29, 0.717) is 50.5 Å². The van der Waals surface area contributed by atoms with Gasteiger partial charge in [0.2, 0.25) is 0 Å². The quantitative estimate of drug-likeness (QED) is 0.163. The summed E-state index contributed by atoms with van der Waals surface area (Å²) in [6, 6.07) is 36.0. The second-order valence-corrected chi connectivity index (χ2v) is 13.8. The molecular formula is C46H26F6N6. The highest BCUT2D eigenvalue weighted by molar-refractivity contribution is 6.12. The molecule has 58 heavy (non-hydrogen) atoms. The fourth-order valence-corrected chi connectivity index (χ4v) is 7.91. The Kier molecular flexibility index (Phi) is 7.94. The van der Waals surface area contributed by atoms with Crippen molar-refractivity contribution in [2.45, 2.75) is 12.4 Å². The number of hydrogen-bond acceptors (Lipinski definition) is 4. The Morgan fingerprint density at radius 2 is 0.862 bits per heavy atom. The third-order valence-corrected chi connectivity index (χ3v) is 10.4. The molecule has 4 heterocycles. The second-order valence-electron chi connectivity index (χ2n) is 13.8. The minimum Gasteiger partial charge on any atom is -0.307 e. The second kappa shape index (κ2) is 13.1. The van der Waals surface area contributed by atoms with Gasteiger partial charge in [0.1, 0.15) is 0 Å². The molecule has 0 saturated carbocycles. The Balaban J connectivity index is 1.39. The number of benzene rings is 6. The largest absolute Gasteiger partial charge is 0.417 e. The molecule has 6 nitrogen and oxygen atoms in total. The van der Waals surface area contributed by atoms with Crippen LogP contribution >= 0.6 is 0 Å². The lowest BCUT2D eigenvalue weighted by molar-refractivity contribution is -0.137. The first kappa shape index (κ1) is 35.1. The number of alkyl halides is 6. The van der Waals surface area contributed by atoms with Gasteiger partial charge in [-0.2, -0.15) is 26.3 Å². The molecule has 0 amide bonds. The number of rotatable bonds is 5. The lowest BCUT2D eigenvalue weighted by atomic mass is 9.95. The zero-order valence-corrected chi connectivity index (χ0v) is 30.0. The third kappa shape index (κ3) is 5.75. The summed E-state index contributed by atoms with van der Waals surface area (Å²) in [4.78, 5) is 17.7. The first-order valence-electron chi connectivity index (χ1n) is 18.1. The Bertz CT molecular complexity index is 3200. The number of nitrogens with zero attached hydrogens (tertiary/aromatic N) is 6. The van der Waals surface area contributed by atoms with Crippen molar-refractivity contribution in [2.24, 2.45) is 0 Å². The fourth-order valence-electron chi connectivity index (χ4n) is 7.91. The van der Waals surface area contributed by atoms with Crippen molar-refractivity contribution in [3.05, 3.63) is 169 Å². The molecule has 0 aliphatic carbocycles. The highest BCUT2D eigenvalue weighted by atomic mass is 19.4. The number of hydrogen-bond donors (Lipinski definition) is 0. The van der Waals surface area contributed by atoms with E-state index in [9.17, 15) is 13.2 Å². The van der Waals surface area contributed by atoms with Crippen LogP contribution in [0, 0.1) is 0 Å². The van der Waals surface area contributed by atoms with Crippen molar-refractivity contribution >= 4 is 43.6 Å². The summed E-state index contributed by atoms with van der Waals surface area (Å²) in [6.07, 6.45) is -3.30. The van der Waals surface area contributed by atoms with Gasteiger partial charge in [0.15, 0.2) is 11.6 Å². The van der Waals surface area contributed by atoms with Crippen LogP contribution in [0.4, 0.5) is 26.3 Å². The van der Waals surface area contributed by atoms with Crippen molar-refractivity contribution in [3.8, 4) is 45.3 Å². The Morgan fingerprint density at radius 1 is 0.379 bits per heavy atom. The molecule has 0 bridgehead atoms. The molecule has 6 aromatic carbocycles. The van der Waals surface area contributed by atoms with Gasteiger partial charge in [-0.05, 0) is 71.8 Å². The first-order valence-corrected chi connectivity index (χ1v) is 18.1. The van der Waals surface area contributed by atoms with Crippen molar-refractivity contribution in [1.82, 2.24) is 29.1 Å². The van der Waals surface area contributed by atoms with E-state index in [1.165, 1.54) is 12.1 Å². The molecular weight excluding hydrogens is 751 g/mol. The Labute approximate surface area is 325 Å². The Hall–Kier alpha value is -7.34. The number of para-hydroxylation sites is 2. The zero-order valence-electron chi connectivity index (χ0n) is 30.0. The minimum atomic E-state index is -4.97. The van der Waals surface area contributed by atoms with E-state index < -0.39 is 29.0 Å². The molecule has 0 N–H and O–H groups in total. The average molecular weight is 777 g/mol. The molecule has 0 atom stereocenters. The highest BCUT2D eigenvalue weighted by Crippen LogP contribution is 2.46. The lowest BCUT2D eigenvalue weighted by Gasteiger charge is -2.22. The van der Waals surface area contributed by atoms with Crippen LogP contribution in [-0.2, 0) is 12.4 Å². The normalized spacial score (nSPS) is 12.3. The van der Waals surface area contributed by atoms with Crippen molar-refractivity contribution in [2.75, 3.05) is 0 Å². The van der Waals surface area contributed by atoms with Crippen LogP contribution in [0.1, 0.15) is 11.1 Å². The highest BCUT2D eigenvalue weighted by Gasteiger charge is 2.37. The summed E-state index contributed by atoms with van der Waals surface area (Å²) in [5.41, 5.74) is 1.41. The standard InChI is InChI=1S/C46H26F6N6/c47-45(48,49)30-9-5-8-27(22-30)35-25-41(57-37-12-3-1-10-31(37)33-16-14-28(23-39(33)57)43-53-18-6-19-54-43)42(26-36(35)46(50,51)52)58-38-13-4-2-11-32(38)34-17-15-29(24-40(34)58)44-55-20-7-21-56-44/h1-26H. The van der Waals surface area contributed by atoms with E-state index in [4.69, 9.17) is 0 Å². The molecule has 282 valence electrons. The summed E-state index contributed by atoms with van der Waals surface area (Å²) in [5.74, 6) is 0.868. The molecule has 10 aromatic rings. The molecule has 12 heteroatoms. The zero-order chi connectivity index (χ0) is 39.8. The molecule has 0 radical (unpaired) electrons. The predicted molar refractivity (Wildman–Crippen MR) is 213 cm³/mol. The molecule has 0 saturated heterocycles. The van der Waals surface area contributed by atoms with Crippen LogP contribution in [0.25, 0.3) is 88.9 Å². The van der Waals surface area contributed by atoms with Crippen molar-refractivity contribution in [3.63, 3.8) is 0 Å². The molecule has 0 aliphatic rings. The van der Waals surface area contributed by atoms with Crippen LogP contribution in [0.2, 0.25) is 0 Å². The van der Waals surface area contributed by atoms with Gasteiger partial charge < -0.3 is 9.13 Å². The fraction of sp³-hybridized carbons (Fsp3) is 0.0435. The molecule has 4 aromatic heterocycles. The molecule has 10 rings (SSSR count). The van der Waals surface area contributed by atoms with Gasteiger partial charge in [-0.15, -0.1) is 0 Å². The smallest absolute Gasteiger partial charge is 0.307 e. The molecule has 0 aliphatic heterocycles. The van der Waals surface area contributed by atoms with E-state index in [-0.39, 0.29) is 11.3 Å². The number of aromatic nitrogens is 6. The van der Waals surface area contributed by atoms with Gasteiger partial charge >= 0.3 is 12.4 Å². The maximum absolute atomic E-state index is 15.6. The summed E-state index contributed by atoms with van der Waals surface area (Å²) in [6.45, 7) is 0. The van der Waals surface area contributed by atoms with Crippen molar-refractivity contribution in [1.29, 1.82) is 0 Å². The molecule has 0 spiro atoms. The topological polar surface area (TPSA) is 61.4 Å². The predicted octanol–water partition coefficient (Wildman–Crippen LogP) is 12.5. The third-order valence-electron chi connectivity index (χ3n) is 10.4. The lowest BCUT2D eigenvalue weighted by Crippen LogP contribution is -2.12. The SMILES string of the molecule is FC(F)(F)c1cccc(-c2cc(-n3c4ccccc4c4ccc(-c5ncccn5)cc43)c(-n3c4ccccc4c4ccc(-c5ncccn5)cc43)cc2C(F)(F)F)c1. The monoisotopic (exact) mass is 776 g/mol. The van der Waals surface area contributed by atoms with E-state index in [0.717, 1.165) is 45.8 Å². The van der Waals surface area contributed by atoms with Gasteiger partial charge in [-0.3, -0.25) is 0 Å². The van der Waals surface area contributed by atoms with E-state index in [1.807, 2.05) is 89.5 Å². The van der Waals surface area contributed by atoms with Gasteiger partial charge in [0.05, 0.1) is 44.6 Å².